The first-order chi connectivity index (χ1) is 15.8. The van der Waals surface area contributed by atoms with Crippen LogP contribution in [0.1, 0.15) is 54.8 Å². The van der Waals surface area contributed by atoms with Crippen LogP contribution < -0.4 is 0 Å². The molecule has 172 valence electrons. The van der Waals surface area contributed by atoms with Gasteiger partial charge in [0, 0.05) is 12.1 Å². The van der Waals surface area contributed by atoms with Gasteiger partial charge in [-0.3, -0.25) is 0 Å². The summed E-state index contributed by atoms with van der Waals surface area (Å²) < 4.78 is 7.12. The van der Waals surface area contributed by atoms with E-state index in [1.54, 1.807) is 20.8 Å². The molecule has 0 saturated carbocycles. The largest absolute Gasteiger partial charge is 0.461 e. The van der Waals surface area contributed by atoms with Crippen molar-refractivity contribution in [3.05, 3.63) is 65.3 Å². The quantitative estimate of drug-likeness (QED) is 0.532. The lowest BCUT2D eigenvalue weighted by Crippen LogP contribution is -2.24. The van der Waals surface area contributed by atoms with Crippen molar-refractivity contribution in [2.24, 2.45) is 5.92 Å². The van der Waals surface area contributed by atoms with Gasteiger partial charge in [-0.25, -0.2) is 9.78 Å². The van der Waals surface area contributed by atoms with Crippen LogP contribution >= 0.6 is 0 Å². The van der Waals surface area contributed by atoms with E-state index in [9.17, 15) is 9.90 Å². The number of carbonyl (C=O) groups is 1. The summed E-state index contributed by atoms with van der Waals surface area (Å²) >= 11 is 0. The number of nitrogens with zero attached hydrogens (tertiary/aromatic N) is 5. The van der Waals surface area contributed by atoms with E-state index in [-0.39, 0.29) is 12.5 Å². The average molecular weight is 449 g/mol. The number of benzene rings is 1. The first-order valence-corrected chi connectivity index (χ1v) is 11.0. The van der Waals surface area contributed by atoms with Gasteiger partial charge in [-0.2, -0.15) is 5.21 Å². The average Bonchev–Trinajstić information content (AvgIpc) is 3.43. The van der Waals surface area contributed by atoms with Crippen molar-refractivity contribution in [2.75, 3.05) is 6.61 Å². The van der Waals surface area contributed by atoms with Gasteiger partial charge in [0.1, 0.15) is 17.1 Å². The summed E-state index contributed by atoms with van der Waals surface area (Å²) in [7, 11) is 0. The van der Waals surface area contributed by atoms with Crippen LogP contribution in [-0.4, -0.2) is 47.9 Å². The number of aromatic nitrogens is 6. The summed E-state index contributed by atoms with van der Waals surface area (Å²) in [5, 5.41) is 25.0. The molecule has 0 aliphatic heterocycles. The van der Waals surface area contributed by atoms with Crippen LogP contribution in [0.5, 0.6) is 0 Å². The number of allylic oxidation sites excluding steroid dienone is 4. The fourth-order valence-corrected chi connectivity index (χ4v) is 4.06. The molecule has 0 fully saturated rings. The number of carbonyl (C=O) groups excluding carboxylic acids is 1. The molecule has 1 aliphatic carbocycles. The molecular formula is C24H28N6O3. The Kier molecular flexibility index (Phi) is 6.24. The molecular weight excluding hydrogens is 420 g/mol. The molecule has 2 heterocycles. The van der Waals surface area contributed by atoms with Crippen molar-refractivity contribution < 1.29 is 14.6 Å². The Balaban J connectivity index is 1.59. The Morgan fingerprint density at radius 1 is 1.30 bits per heavy atom. The number of H-pyrrole nitrogens is 1. The third-order valence-electron chi connectivity index (χ3n) is 5.64. The van der Waals surface area contributed by atoms with Crippen LogP contribution in [0.25, 0.3) is 17.0 Å². The Labute approximate surface area is 192 Å². The number of imidazole rings is 1. The van der Waals surface area contributed by atoms with Crippen molar-refractivity contribution in [2.45, 2.75) is 46.3 Å². The van der Waals surface area contributed by atoms with E-state index in [1.165, 1.54) is 0 Å². The van der Waals surface area contributed by atoms with E-state index in [1.807, 2.05) is 35.8 Å². The third kappa shape index (κ3) is 4.63. The van der Waals surface area contributed by atoms with Gasteiger partial charge >= 0.3 is 5.97 Å². The molecule has 2 N–H and O–H groups in total. The van der Waals surface area contributed by atoms with E-state index in [0.29, 0.717) is 29.6 Å². The Bertz CT molecular complexity index is 1200. The van der Waals surface area contributed by atoms with Gasteiger partial charge in [-0.15, -0.1) is 10.2 Å². The molecule has 0 spiro atoms. The predicted octanol–water partition coefficient (Wildman–Crippen LogP) is 3.44. The molecule has 0 radical (unpaired) electrons. The van der Waals surface area contributed by atoms with E-state index in [0.717, 1.165) is 23.1 Å². The second kappa shape index (κ2) is 9.11. The molecule has 1 unspecified atom stereocenters. The maximum absolute atomic E-state index is 12.7. The Hall–Kier alpha value is -3.59. The van der Waals surface area contributed by atoms with Gasteiger partial charge in [0.05, 0.1) is 6.61 Å². The van der Waals surface area contributed by atoms with Gasteiger partial charge in [0.2, 0.25) is 5.82 Å². The minimum absolute atomic E-state index is 0.154. The summed E-state index contributed by atoms with van der Waals surface area (Å²) in [6, 6.07) is 7.94. The maximum Gasteiger partial charge on any atom is 0.357 e. The number of hydrogen-bond acceptors (Lipinski definition) is 7. The zero-order valence-electron chi connectivity index (χ0n) is 19.2. The highest BCUT2D eigenvalue weighted by Crippen LogP contribution is 2.32. The zero-order chi connectivity index (χ0) is 23.6. The van der Waals surface area contributed by atoms with Crippen LogP contribution in [0.3, 0.4) is 0 Å². The number of rotatable bonds is 7. The molecule has 0 saturated heterocycles. The first-order valence-electron chi connectivity index (χ1n) is 11.0. The van der Waals surface area contributed by atoms with Gasteiger partial charge in [0.25, 0.3) is 0 Å². The number of esters is 1. The number of aryl methyl sites for hydroxylation is 1. The molecule has 9 nitrogen and oxygen atoms in total. The zero-order valence-corrected chi connectivity index (χ0v) is 19.2. The van der Waals surface area contributed by atoms with Crippen LogP contribution in [0.15, 0.2) is 42.5 Å². The number of aromatic amines is 1. The van der Waals surface area contributed by atoms with Gasteiger partial charge < -0.3 is 14.4 Å². The number of nitrogens with one attached hydrogen (secondary N) is 1. The Morgan fingerprint density at radius 2 is 2.06 bits per heavy atom. The molecule has 33 heavy (non-hydrogen) atoms. The predicted molar refractivity (Wildman–Crippen MR) is 123 cm³/mol. The molecule has 2 aromatic heterocycles. The van der Waals surface area contributed by atoms with Crippen LogP contribution in [-0.2, 0) is 16.9 Å². The van der Waals surface area contributed by atoms with Crippen molar-refractivity contribution in [3.63, 3.8) is 0 Å². The molecule has 1 aromatic carbocycles. The third-order valence-corrected chi connectivity index (χ3v) is 5.64. The normalized spacial score (nSPS) is 16.0. The van der Waals surface area contributed by atoms with Gasteiger partial charge in [-0.05, 0) is 56.4 Å². The number of aliphatic hydroxyl groups is 1. The van der Waals surface area contributed by atoms with E-state index < -0.39 is 11.6 Å². The minimum atomic E-state index is -1.26. The highest BCUT2D eigenvalue weighted by molar-refractivity contribution is 5.89. The summed E-state index contributed by atoms with van der Waals surface area (Å²) in [4.78, 5) is 17.2. The van der Waals surface area contributed by atoms with Crippen molar-refractivity contribution in [3.8, 4) is 11.4 Å². The SMILES string of the molecule is CCOC(=O)c1c(C(C)(C)O)nc(C)n1CC1C=CC(c2ccccc2-c2nn[nH]n2)=CC1. The summed E-state index contributed by atoms with van der Waals surface area (Å²) in [6.45, 7) is 7.65. The lowest BCUT2D eigenvalue weighted by Gasteiger charge is -2.21. The lowest BCUT2D eigenvalue weighted by atomic mass is 9.90. The maximum atomic E-state index is 12.7. The van der Waals surface area contributed by atoms with Crippen molar-refractivity contribution in [1.82, 2.24) is 30.2 Å². The standard InChI is InChI=1S/C24H28N6O3/c1-5-33-23(31)20-21(24(3,4)32)25-15(2)30(20)14-16-10-12-17(13-11-16)18-8-6-7-9-19(18)22-26-28-29-27-22/h6-10,12-13,16,32H,5,11,14H2,1-4H3,(H,26,27,28,29). The van der Waals surface area contributed by atoms with E-state index >= 15 is 0 Å². The van der Waals surface area contributed by atoms with Crippen LogP contribution in [0.4, 0.5) is 0 Å². The molecule has 0 amide bonds. The molecule has 9 heteroatoms. The van der Waals surface area contributed by atoms with Crippen molar-refractivity contribution >= 4 is 11.5 Å². The summed E-state index contributed by atoms with van der Waals surface area (Å²) in [5.41, 5.74) is 2.41. The van der Waals surface area contributed by atoms with Crippen LogP contribution in [0, 0.1) is 12.8 Å². The number of tetrazole rings is 1. The number of ether oxygens (including phenoxy) is 1. The second-order valence-electron chi connectivity index (χ2n) is 8.54. The summed E-state index contributed by atoms with van der Waals surface area (Å²) in [5.74, 6) is 0.900. The van der Waals surface area contributed by atoms with Gasteiger partial charge in [-0.1, -0.05) is 42.5 Å². The van der Waals surface area contributed by atoms with Crippen molar-refractivity contribution in [1.29, 1.82) is 0 Å². The molecule has 0 bridgehead atoms. The van der Waals surface area contributed by atoms with E-state index in [2.05, 4.69) is 43.8 Å². The molecule has 3 aromatic rings. The fourth-order valence-electron chi connectivity index (χ4n) is 4.06. The molecule has 1 aliphatic rings. The smallest absolute Gasteiger partial charge is 0.357 e. The summed E-state index contributed by atoms with van der Waals surface area (Å²) in [6.07, 6.45) is 7.18. The molecule has 1 atom stereocenters. The molecule has 4 rings (SSSR count). The monoisotopic (exact) mass is 448 g/mol. The number of hydrogen-bond donors (Lipinski definition) is 2. The Morgan fingerprint density at radius 3 is 2.67 bits per heavy atom. The highest BCUT2D eigenvalue weighted by Gasteiger charge is 2.32. The first kappa shape index (κ1) is 22.6. The second-order valence-corrected chi connectivity index (χ2v) is 8.54. The van der Waals surface area contributed by atoms with E-state index in [4.69, 9.17) is 4.74 Å². The fraction of sp³-hybridized carbons (Fsp3) is 0.375. The highest BCUT2D eigenvalue weighted by atomic mass is 16.5. The van der Waals surface area contributed by atoms with Gasteiger partial charge in [0.15, 0.2) is 5.69 Å². The lowest BCUT2D eigenvalue weighted by molar-refractivity contribution is 0.0467. The van der Waals surface area contributed by atoms with Crippen LogP contribution in [0.2, 0.25) is 0 Å². The topological polar surface area (TPSA) is 119 Å². The minimum Gasteiger partial charge on any atom is -0.461 e.